The highest BCUT2D eigenvalue weighted by Gasteiger charge is 1.92. The van der Waals surface area contributed by atoms with Crippen molar-refractivity contribution in [3.05, 3.63) is 36.7 Å². The van der Waals surface area contributed by atoms with E-state index in [9.17, 15) is 0 Å². The maximum atomic E-state index is 8.63. The minimum Gasteiger partial charge on any atom is -0.396 e. The summed E-state index contributed by atoms with van der Waals surface area (Å²) in [6.07, 6.45) is 4.12. The van der Waals surface area contributed by atoms with Crippen molar-refractivity contribution in [1.29, 1.82) is 0 Å². The Kier molecular flexibility index (Phi) is 5.21. The normalized spacial score (nSPS) is 10.9. The van der Waals surface area contributed by atoms with Gasteiger partial charge in [0, 0.05) is 24.4 Å². The Bertz CT molecular complexity index is 170. The largest absolute Gasteiger partial charge is 0.396 e. The summed E-state index contributed by atoms with van der Waals surface area (Å²) in [6.45, 7) is 9.26. The molecule has 0 bridgehead atoms. The maximum Gasteiger partial charge on any atom is 0.0485 e. The minimum atomic E-state index is 0.139. The van der Waals surface area contributed by atoms with Crippen LogP contribution < -0.4 is 5.32 Å². The van der Waals surface area contributed by atoms with Gasteiger partial charge in [0.2, 0.25) is 0 Å². The highest BCUT2D eigenvalue weighted by molar-refractivity contribution is 5.12. The second-order valence-electron chi connectivity index (χ2n) is 2.31. The second-order valence-corrected chi connectivity index (χ2v) is 2.31. The van der Waals surface area contributed by atoms with E-state index in [1.807, 2.05) is 13.0 Å². The van der Waals surface area contributed by atoms with Crippen molar-refractivity contribution in [2.24, 2.45) is 0 Å². The lowest BCUT2D eigenvalue weighted by Gasteiger charge is -2.07. The summed E-state index contributed by atoms with van der Waals surface area (Å²) < 4.78 is 0. The van der Waals surface area contributed by atoms with Gasteiger partial charge in [-0.15, -0.1) is 0 Å². The third kappa shape index (κ3) is 5.43. The lowest BCUT2D eigenvalue weighted by Crippen LogP contribution is -2.10. The first-order valence-electron chi connectivity index (χ1n) is 3.55. The summed E-state index contributed by atoms with van der Waals surface area (Å²) in [5, 5.41) is 11.6. The van der Waals surface area contributed by atoms with Gasteiger partial charge in [-0.2, -0.15) is 0 Å². The quantitative estimate of drug-likeness (QED) is 0.587. The summed E-state index contributed by atoms with van der Waals surface area (Å²) in [5.74, 6) is 0. The number of hydrogen-bond donors (Lipinski definition) is 2. The van der Waals surface area contributed by atoms with Crippen molar-refractivity contribution in [2.75, 3.05) is 6.61 Å². The number of rotatable bonds is 5. The zero-order valence-electron chi connectivity index (χ0n) is 6.93. The maximum absolute atomic E-state index is 8.63. The molecular weight excluding hydrogens is 138 g/mol. The fraction of sp³-hybridized carbons (Fsp3) is 0.333. The van der Waals surface area contributed by atoms with Gasteiger partial charge in [0.05, 0.1) is 0 Å². The van der Waals surface area contributed by atoms with Crippen molar-refractivity contribution in [3.8, 4) is 0 Å². The molecule has 62 valence electrons. The zero-order chi connectivity index (χ0) is 8.69. The van der Waals surface area contributed by atoms with E-state index in [2.05, 4.69) is 18.5 Å². The molecule has 2 N–H and O–H groups in total. The Labute approximate surface area is 67.9 Å². The molecular formula is C9H15NO. The molecule has 0 aliphatic heterocycles. The number of aliphatic hydroxyl groups is 1. The van der Waals surface area contributed by atoms with E-state index in [0.717, 1.165) is 11.4 Å². The van der Waals surface area contributed by atoms with Gasteiger partial charge in [0.15, 0.2) is 0 Å². The van der Waals surface area contributed by atoms with E-state index in [-0.39, 0.29) is 6.61 Å². The summed E-state index contributed by atoms with van der Waals surface area (Å²) >= 11 is 0. The monoisotopic (exact) mass is 153 g/mol. The molecule has 0 unspecified atom stereocenters. The van der Waals surface area contributed by atoms with E-state index in [1.165, 1.54) is 0 Å². The van der Waals surface area contributed by atoms with E-state index in [0.29, 0.717) is 6.42 Å². The molecule has 0 radical (unpaired) electrons. The highest BCUT2D eigenvalue weighted by atomic mass is 16.3. The Morgan fingerprint density at radius 3 is 2.64 bits per heavy atom. The van der Waals surface area contributed by atoms with Crippen molar-refractivity contribution in [3.63, 3.8) is 0 Å². The molecule has 0 aromatic carbocycles. The molecule has 0 aliphatic carbocycles. The van der Waals surface area contributed by atoms with Crippen molar-refractivity contribution in [1.82, 2.24) is 5.32 Å². The van der Waals surface area contributed by atoms with Crippen molar-refractivity contribution >= 4 is 0 Å². The smallest absolute Gasteiger partial charge is 0.0485 e. The fourth-order valence-electron chi connectivity index (χ4n) is 0.724. The average Bonchev–Trinajstić information content (AvgIpc) is 1.87. The second kappa shape index (κ2) is 5.74. The van der Waals surface area contributed by atoms with Crippen LogP contribution in [0.1, 0.15) is 13.3 Å². The van der Waals surface area contributed by atoms with Gasteiger partial charge < -0.3 is 10.4 Å². The molecule has 0 spiro atoms. The SMILES string of the molecule is C=C/C=C(\CCO)NC(=C)C. The first-order chi connectivity index (χ1) is 5.20. The van der Waals surface area contributed by atoms with Crippen LogP contribution >= 0.6 is 0 Å². The molecule has 2 heteroatoms. The molecule has 0 rings (SSSR count). The number of aliphatic hydroxyl groups excluding tert-OH is 1. The van der Waals surface area contributed by atoms with Gasteiger partial charge >= 0.3 is 0 Å². The zero-order valence-corrected chi connectivity index (χ0v) is 6.93. The molecule has 2 nitrogen and oxygen atoms in total. The van der Waals surface area contributed by atoms with Gasteiger partial charge in [-0.25, -0.2) is 0 Å². The van der Waals surface area contributed by atoms with E-state index in [1.54, 1.807) is 6.08 Å². The van der Waals surface area contributed by atoms with E-state index < -0.39 is 0 Å². The highest BCUT2D eigenvalue weighted by Crippen LogP contribution is 1.98. The van der Waals surface area contributed by atoms with Gasteiger partial charge in [-0.05, 0) is 13.0 Å². The minimum absolute atomic E-state index is 0.139. The van der Waals surface area contributed by atoms with Crippen molar-refractivity contribution in [2.45, 2.75) is 13.3 Å². The van der Waals surface area contributed by atoms with E-state index in [4.69, 9.17) is 5.11 Å². The van der Waals surface area contributed by atoms with Crippen LogP contribution in [0.15, 0.2) is 36.7 Å². The van der Waals surface area contributed by atoms with Crippen LogP contribution in [0.2, 0.25) is 0 Å². The van der Waals surface area contributed by atoms with Gasteiger partial charge in [-0.1, -0.05) is 19.2 Å². The van der Waals surface area contributed by atoms with Crippen LogP contribution in [0.4, 0.5) is 0 Å². The number of nitrogens with one attached hydrogen (secondary N) is 1. The molecule has 0 fully saturated rings. The molecule has 0 aromatic heterocycles. The van der Waals surface area contributed by atoms with Crippen LogP contribution in [-0.4, -0.2) is 11.7 Å². The molecule has 0 atom stereocenters. The van der Waals surface area contributed by atoms with Crippen molar-refractivity contribution < 1.29 is 5.11 Å². The Balaban J connectivity index is 3.99. The van der Waals surface area contributed by atoms with Gasteiger partial charge in [-0.3, -0.25) is 0 Å². The average molecular weight is 153 g/mol. The number of hydrogen-bond acceptors (Lipinski definition) is 2. The topological polar surface area (TPSA) is 32.3 Å². The Morgan fingerprint density at radius 2 is 2.27 bits per heavy atom. The molecule has 11 heavy (non-hydrogen) atoms. The molecule has 0 aliphatic rings. The van der Waals surface area contributed by atoms with Gasteiger partial charge in [0.1, 0.15) is 0 Å². The predicted molar refractivity (Wildman–Crippen MR) is 47.9 cm³/mol. The molecule has 0 aromatic rings. The Hall–Kier alpha value is -1.02. The van der Waals surface area contributed by atoms with Crippen LogP contribution in [0.5, 0.6) is 0 Å². The number of allylic oxidation sites excluding steroid dienone is 3. The lowest BCUT2D eigenvalue weighted by molar-refractivity contribution is 0.297. The first kappa shape index (κ1) is 9.98. The summed E-state index contributed by atoms with van der Waals surface area (Å²) in [7, 11) is 0. The van der Waals surface area contributed by atoms with E-state index >= 15 is 0 Å². The predicted octanol–water partition coefficient (Wildman–Crippen LogP) is 1.56. The third-order valence-corrected chi connectivity index (χ3v) is 1.07. The molecule has 0 heterocycles. The van der Waals surface area contributed by atoms with Crippen LogP contribution in [0.25, 0.3) is 0 Å². The van der Waals surface area contributed by atoms with Crippen LogP contribution in [0.3, 0.4) is 0 Å². The van der Waals surface area contributed by atoms with Gasteiger partial charge in [0.25, 0.3) is 0 Å². The molecule has 0 amide bonds. The van der Waals surface area contributed by atoms with Crippen LogP contribution in [0, 0.1) is 0 Å². The lowest BCUT2D eigenvalue weighted by atomic mass is 10.3. The molecule has 0 saturated carbocycles. The third-order valence-electron chi connectivity index (χ3n) is 1.07. The fourth-order valence-corrected chi connectivity index (χ4v) is 0.724. The first-order valence-corrected chi connectivity index (χ1v) is 3.55. The standard InChI is InChI=1S/C9H15NO/c1-4-5-9(6-7-11)10-8(2)3/h4-5,10-11H,1-2,6-7H2,3H3/b9-5+. The van der Waals surface area contributed by atoms with Crippen LogP contribution in [-0.2, 0) is 0 Å². The molecule has 0 saturated heterocycles. The summed E-state index contributed by atoms with van der Waals surface area (Å²) in [4.78, 5) is 0. The Morgan fingerprint density at radius 1 is 1.64 bits per heavy atom. The summed E-state index contributed by atoms with van der Waals surface area (Å²) in [6, 6.07) is 0. The summed E-state index contributed by atoms with van der Waals surface area (Å²) in [5.41, 5.74) is 1.81.